The lowest BCUT2D eigenvalue weighted by molar-refractivity contribution is -0.131. The predicted molar refractivity (Wildman–Crippen MR) is 51.5 cm³/mol. The first kappa shape index (κ1) is 10.0. The molecule has 2 unspecified atom stereocenters. The van der Waals surface area contributed by atoms with Crippen molar-refractivity contribution >= 4 is 5.91 Å². The van der Waals surface area contributed by atoms with Crippen molar-refractivity contribution in [3.63, 3.8) is 0 Å². The van der Waals surface area contributed by atoms with Crippen molar-refractivity contribution in [1.82, 2.24) is 25.1 Å². The van der Waals surface area contributed by atoms with Gasteiger partial charge in [-0.2, -0.15) is 0 Å². The first-order valence-corrected chi connectivity index (χ1v) is 4.91. The lowest BCUT2D eigenvalue weighted by atomic mass is 10.1. The second-order valence-electron chi connectivity index (χ2n) is 3.95. The number of aromatic nitrogens is 4. The van der Waals surface area contributed by atoms with Crippen LogP contribution in [0.2, 0.25) is 0 Å². The van der Waals surface area contributed by atoms with E-state index in [1.807, 2.05) is 0 Å². The summed E-state index contributed by atoms with van der Waals surface area (Å²) in [5.41, 5.74) is 5.84. The molecule has 7 heteroatoms. The molecule has 0 aliphatic carbocycles. The number of nitrogens with two attached hydrogens (primary N) is 1. The van der Waals surface area contributed by atoms with Gasteiger partial charge in [-0.15, -0.1) is 5.10 Å². The van der Waals surface area contributed by atoms with Crippen LogP contribution in [-0.2, 0) is 11.3 Å². The van der Waals surface area contributed by atoms with E-state index in [0.29, 0.717) is 12.5 Å². The molecule has 2 rings (SSSR count). The molecule has 1 aromatic rings. The topological polar surface area (TPSA) is 89.9 Å². The Morgan fingerprint density at radius 3 is 2.93 bits per heavy atom. The minimum atomic E-state index is 0.0158. The predicted octanol–water partition coefficient (Wildman–Crippen LogP) is -1.52. The number of amides is 1. The van der Waals surface area contributed by atoms with E-state index in [9.17, 15) is 4.79 Å². The largest absolute Gasteiger partial charge is 0.339 e. The summed E-state index contributed by atoms with van der Waals surface area (Å²) in [5, 5.41) is 10.6. The molecule has 0 spiro atoms. The summed E-state index contributed by atoms with van der Waals surface area (Å²) >= 11 is 0. The third-order valence-corrected chi connectivity index (χ3v) is 2.71. The Bertz CT molecular complexity index is 327. The molecule has 2 N–H and O–H groups in total. The highest BCUT2D eigenvalue weighted by Gasteiger charge is 2.29. The highest BCUT2D eigenvalue weighted by molar-refractivity contribution is 5.76. The molecule has 0 saturated carbocycles. The molecule has 0 bridgehead atoms. The molecule has 1 amide bonds. The molecule has 1 aliphatic rings. The van der Waals surface area contributed by atoms with Crippen molar-refractivity contribution in [2.75, 3.05) is 13.1 Å². The SMILES string of the molecule is CC1CN(C(=O)Cn2cnnn2)CC1N. The molecule has 1 fully saturated rings. The zero-order valence-electron chi connectivity index (χ0n) is 8.58. The lowest BCUT2D eigenvalue weighted by Crippen LogP contribution is -2.34. The standard InChI is InChI=1S/C8H14N6O/c1-6-2-13(3-7(6)9)8(15)4-14-5-10-11-12-14/h5-7H,2-4,9H2,1H3. The monoisotopic (exact) mass is 210 g/mol. The van der Waals surface area contributed by atoms with Crippen molar-refractivity contribution in [3.05, 3.63) is 6.33 Å². The number of rotatable bonds is 2. The first-order chi connectivity index (χ1) is 7.16. The van der Waals surface area contributed by atoms with Crippen LogP contribution in [0.4, 0.5) is 0 Å². The normalized spacial score (nSPS) is 25.9. The van der Waals surface area contributed by atoms with Gasteiger partial charge in [-0.25, -0.2) is 4.68 Å². The van der Waals surface area contributed by atoms with Gasteiger partial charge in [-0.05, 0) is 16.3 Å². The average Bonchev–Trinajstić information content (AvgIpc) is 2.78. The van der Waals surface area contributed by atoms with Crippen LogP contribution in [0, 0.1) is 5.92 Å². The van der Waals surface area contributed by atoms with E-state index in [4.69, 9.17) is 5.73 Å². The van der Waals surface area contributed by atoms with E-state index in [-0.39, 0.29) is 18.5 Å². The summed E-state index contributed by atoms with van der Waals surface area (Å²) in [4.78, 5) is 13.5. The van der Waals surface area contributed by atoms with Crippen LogP contribution in [0.15, 0.2) is 6.33 Å². The molecule has 7 nitrogen and oxygen atoms in total. The molecule has 0 radical (unpaired) electrons. The van der Waals surface area contributed by atoms with Gasteiger partial charge in [-0.3, -0.25) is 4.79 Å². The van der Waals surface area contributed by atoms with Crippen LogP contribution in [0.25, 0.3) is 0 Å². The van der Waals surface area contributed by atoms with E-state index >= 15 is 0 Å². The number of tetrazole rings is 1. The van der Waals surface area contributed by atoms with Crippen LogP contribution in [0.3, 0.4) is 0 Å². The average molecular weight is 210 g/mol. The van der Waals surface area contributed by atoms with Gasteiger partial charge in [-0.1, -0.05) is 6.92 Å². The maximum absolute atomic E-state index is 11.8. The molecule has 2 heterocycles. The Morgan fingerprint density at radius 1 is 1.60 bits per heavy atom. The fourth-order valence-electron chi connectivity index (χ4n) is 1.69. The van der Waals surface area contributed by atoms with Crippen LogP contribution >= 0.6 is 0 Å². The summed E-state index contributed by atoms with van der Waals surface area (Å²) in [7, 11) is 0. The van der Waals surface area contributed by atoms with Gasteiger partial charge in [0, 0.05) is 19.1 Å². The van der Waals surface area contributed by atoms with Gasteiger partial charge in [0.15, 0.2) is 0 Å². The number of carbonyl (C=O) groups excluding carboxylic acids is 1. The molecule has 1 saturated heterocycles. The Morgan fingerprint density at radius 2 is 2.40 bits per heavy atom. The van der Waals surface area contributed by atoms with E-state index in [0.717, 1.165) is 6.54 Å². The van der Waals surface area contributed by atoms with Crippen LogP contribution < -0.4 is 5.73 Å². The Balaban J connectivity index is 1.92. The molecule has 0 aromatic carbocycles. The summed E-state index contributed by atoms with van der Waals surface area (Å²) in [6.07, 6.45) is 1.43. The van der Waals surface area contributed by atoms with Gasteiger partial charge in [0.1, 0.15) is 12.9 Å². The highest BCUT2D eigenvalue weighted by Crippen LogP contribution is 2.14. The molecular formula is C8H14N6O. The second kappa shape index (κ2) is 3.93. The van der Waals surface area contributed by atoms with E-state index in [1.165, 1.54) is 11.0 Å². The van der Waals surface area contributed by atoms with Crippen molar-refractivity contribution < 1.29 is 4.79 Å². The van der Waals surface area contributed by atoms with Gasteiger partial charge in [0.25, 0.3) is 0 Å². The summed E-state index contributed by atoms with van der Waals surface area (Å²) in [6, 6.07) is 0.0859. The fraction of sp³-hybridized carbons (Fsp3) is 0.750. The third kappa shape index (κ3) is 2.12. The van der Waals surface area contributed by atoms with Crippen LogP contribution in [0.1, 0.15) is 6.92 Å². The minimum absolute atomic E-state index is 0.0158. The summed E-state index contributed by atoms with van der Waals surface area (Å²) in [6.45, 7) is 3.59. The fourth-order valence-corrected chi connectivity index (χ4v) is 1.69. The van der Waals surface area contributed by atoms with E-state index < -0.39 is 0 Å². The molecule has 15 heavy (non-hydrogen) atoms. The number of carbonyl (C=O) groups is 1. The van der Waals surface area contributed by atoms with Crippen molar-refractivity contribution in [3.8, 4) is 0 Å². The van der Waals surface area contributed by atoms with Gasteiger partial charge >= 0.3 is 0 Å². The maximum Gasteiger partial charge on any atom is 0.244 e. The van der Waals surface area contributed by atoms with Crippen LogP contribution in [0.5, 0.6) is 0 Å². The Hall–Kier alpha value is -1.50. The maximum atomic E-state index is 11.8. The van der Waals surface area contributed by atoms with E-state index in [1.54, 1.807) is 4.90 Å². The molecule has 1 aromatic heterocycles. The van der Waals surface area contributed by atoms with Crippen molar-refractivity contribution in [1.29, 1.82) is 0 Å². The number of hydrogen-bond acceptors (Lipinski definition) is 5. The highest BCUT2D eigenvalue weighted by atomic mass is 16.2. The number of nitrogens with zero attached hydrogens (tertiary/aromatic N) is 5. The zero-order chi connectivity index (χ0) is 10.8. The zero-order valence-corrected chi connectivity index (χ0v) is 8.58. The van der Waals surface area contributed by atoms with E-state index in [2.05, 4.69) is 22.4 Å². The smallest absolute Gasteiger partial charge is 0.244 e. The quantitative estimate of drug-likeness (QED) is 0.640. The Labute approximate surface area is 87.2 Å². The number of hydrogen-bond donors (Lipinski definition) is 1. The summed E-state index contributed by atoms with van der Waals surface area (Å²) in [5.74, 6) is 0.380. The molecule has 82 valence electrons. The van der Waals surface area contributed by atoms with Crippen molar-refractivity contribution in [2.24, 2.45) is 11.7 Å². The van der Waals surface area contributed by atoms with Gasteiger partial charge in [0.05, 0.1) is 0 Å². The van der Waals surface area contributed by atoms with Crippen molar-refractivity contribution in [2.45, 2.75) is 19.5 Å². The lowest BCUT2D eigenvalue weighted by Gasteiger charge is -2.14. The molecule has 1 aliphatic heterocycles. The van der Waals surface area contributed by atoms with Gasteiger partial charge < -0.3 is 10.6 Å². The van der Waals surface area contributed by atoms with Crippen LogP contribution in [-0.4, -0.2) is 50.1 Å². The minimum Gasteiger partial charge on any atom is -0.339 e. The number of likely N-dealkylation sites (tertiary alicyclic amines) is 1. The second-order valence-corrected chi connectivity index (χ2v) is 3.95. The first-order valence-electron chi connectivity index (χ1n) is 4.91. The summed E-state index contributed by atoms with van der Waals surface area (Å²) < 4.78 is 1.41. The molecule has 2 atom stereocenters. The van der Waals surface area contributed by atoms with Gasteiger partial charge in [0.2, 0.25) is 5.91 Å². The Kier molecular flexibility index (Phi) is 2.63. The molecular weight excluding hydrogens is 196 g/mol. The third-order valence-electron chi connectivity index (χ3n) is 2.71.